The molecule has 1 aliphatic heterocycles. The molecular formula is C24H24F3N5O3. The van der Waals surface area contributed by atoms with Crippen LogP contribution in [0.3, 0.4) is 0 Å². The molecule has 11 heteroatoms. The van der Waals surface area contributed by atoms with Crippen LogP contribution in [0.15, 0.2) is 54.9 Å². The number of anilines is 1. The number of aromatic nitrogens is 3. The molecule has 1 aliphatic rings. The Morgan fingerprint density at radius 3 is 2.43 bits per heavy atom. The van der Waals surface area contributed by atoms with Crippen LogP contribution in [0.2, 0.25) is 0 Å². The molecule has 3 heterocycles. The van der Waals surface area contributed by atoms with Crippen LogP contribution in [0, 0.1) is 0 Å². The SMILES string of the molecule is CCOC(=O)N1CCC(c2ccc(NC(=O)c3cn(-c4ccccn4)nc3C(F)(F)F)cc2)CC1. The third-order valence-corrected chi connectivity index (χ3v) is 5.77. The third kappa shape index (κ3) is 5.61. The third-order valence-electron chi connectivity index (χ3n) is 5.77. The monoisotopic (exact) mass is 487 g/mol. The number of likely N-dealkylation sites (tertiary alicyclic amines) is 1. The largest absolute Gasteiger partial charge is 0.450 e. The fraction of sp³-hybridized carbons (Fsp3) is 0.333. The van der Waals surface area contributed by atoms with E-state index in [1.165, 1.54) is 12.3 Å². The van der Waals surface area contributed by atoms with E-state index in [1.807, 2.05) is 12.1 Å². The number of halogens is 3. The predicted molar refractivity (Wildman–Crippen MR) is 121 cm³/mol. The zero-order chi connectivity index (χ0) is 25.0. The van der Waals surface area contributed by atoms with Crippen molar-refractivity contribution in [3.05, 3.63) is 71.7 Å². The molecule has 0 atom stereocenters. The molecular weight excluding hydrogens is 463 g/mol. The number of hydrogen-bond donors (Lipinski definition) is 1. The summed E-state index contributed by atoms with van der Waals surface area (Å²) in [5.74, 6) is -0.524. The van der Waals surface area contributed by atoms with Crippen molar-refractivity contribution in [3.63, 3.8) is 0 Å². The zero-order valence-corrected chi connectivity index (χ0v) is 19.0. The van der Waals surface area contributed by atoms with Crippen molar-refractivity contribution in [2.45, 2.75) is 31.9 Å². The summed E-state index contributed by atoms with van der Waals surface area (Å²) < 4.78 is 46.6. The van der Waals surface area contributed by atoms with Gasteiger partial charge in [-0.3, -0.25) is 4.79 Å². The van der Waals surface area contributed by atoms with Crippen LogP contribution < -0.4 is 5.32 Å². The molecule has 0 aliphatic carbocycles. The van der Waals surface area contributed by atoms with E-state index in [1.54, 1.807) is 36.1 Å². The second-order valence-electron chi connectivity index (χ2n) is 8.06. The van der Waals surface area contributed by atoms with Crippen LogP contribution in [0.4, 0.5) is 23.7 Å². The van der Waals surface area contributed by atoms with Crippen LogP contribution in [-0.2, 0) is 10.9 Å². The van der Waals surface area contributed by atoms with Gasteiger partial charge in [-0.1, -0.05) is 18.2 Å². The number of benzene rings is 1. The molecule has 0 radical (unpaired) electrons. The van der Waals surface area contributed by atoms with Gasteiger partial charge in [-0.2, -0.15) is 18.3 Å². The quantitative estimate of drug-likeness (QED) is 0.555. The van der Waals surface area contributed by atoms with Crippen molar-refractivity contribution in [3.8, 4) is 5.82 Å². The minimum Gasteiger partial charge on any atom is -0.450 e. The number of nitrogens with one attached hydrogen (secondary N) is 1. The highest BCUT2D eigenvalue weighted by molar-refractivity contribution is 6.05. The molecule has 3 aromatic rings. The van der Waals surface area contributed by atoms with Crippen molar-refractivity contribution in [2.24, 2.45) is 0 Å². The van der Waals surface area contributed by atoms with Gasteiger partial charge in [0.15, 0.2) is 11.5 Å². The molecule has 4 rings (SSSR count). The highest BCUT2D eigenvalue weighted by atomic mass is 19.4. The predicted octanol–water partition coefficient (Wildman–Crippen LogP) is 4.87. The summed E-state index contributed by atoms with van der Waals surface area (Å²) in [4.78, 5) is 30.2. The number of piperidine rings is 1. The fourth-order valence-corrected chi connectivity index (χ4v) is 4.00. The standard InChI is InChI=1S/C24H24F3N5O3/c1-2-35-23(34)31-13-10-17(11-14-31)16-6-8-18(9-7-16)29-22(33)19-15-32(20-5-3-4-12-28-20)30-21(19)24(25,26)27/h3-9,12,15,17H,2,10-11,13-14H2,1H3,(H,29,33). The molecule has 1 fully saturated rings. The van der Waals surface area contributed by atoms with Gasteiger partial charge in [0.2, 0.25) is 0 Å². The Morgan fingerprint density at radius 2 is 1.83 bits per heavy atom. The molecule has 0 spiro atoms. The van der Waals surface area contributed by atoms with Gasteiger partial charge < -0.3 is 15.0 Å². The first-order chi connectivity index (χ1) is 16.8. The van der Waals surface area contributed by atoms with E-state index in [9.17, 15) is 22.8 Å². The Kier molecular flexibility index (Phi) is 7.04. The highest BCUT2D eigenvalue weighted by Crippen LogP contribution is 2.32. The lowest BCUT2D eigenvalue weighted by atomic mass is 9.89. The highest BCUT2D eigenvalue weighted by Gasteiger charge is 2.39. The number of nitrogens with zero attached hydrogens (tertiary/aromatic N) is 4. The van der Waals surface area contributed by atoms with Crippen molar-refractivity contribution >= 4 is 17.7 Å². The van der Waals surface area contributed by atoms with E-state index in [0.29, 0.717) is 25.4 Å². The number of alkyl halides is 3. The van der Waals surface area contributed by atoms with Crippen molar-refractivity contribution in [1.82, 2.24) is 19.7 Å². The molecule has 0 unspecified atom stereocenters. The number of hydrogen-bond acceptors (Lipinski definition) is 5. The van der Waals surface area contributed by atoms with Crippen LogP contribution in [-0.4, -0.2) is 51.4 Å². The van der Waals surface area contributed by atoms with Crippen LogP contribution in [0.25, 0.3) is 5.82 Å². The van der Waals surface area contributed by atoms with Gasteiger partial charge in [0, 0.05) is 31.2 Å². The maximum atomic E-state index is 13.5. The van der Waals surface area contributed by atoms with Gasteiger partial charge >= 0.3 is 12.3 Å². The molecule has 1 aromatic carbocycles. The minimum absolute atomic E-state index is 0.162. The van der Waals surface area contributed by atoms with Gasteiger partial charge in [-0.25, -0.2) is 14.5 Å². The van der Waals surface area contributed by atoms with E-state index in [4.69, 9.17) is 4.74 Å². The summed E-state index contributed by atoms with van der Waals surface area (Å²) in [6.45, 7) is 3.27. The number of ether oxygens (including phenoxy) is 1. The lowest BCUT2D eigenvalue weighted by molar-refractivity contribution is -0.141. The van der Waals surface area contributed by atoms with Gasteiger partial charge in [0.05, 0.1) is 12.2 Å². The number of amides is 2. The lowest BCUT2D eigenvalue weighted by Gasteiger charge is -2.31. The first-order valence-electron chi connectivity index (χ1n) is 11.2. The minimum atomic E-state index is -4.81. The second kappa shape index (κ2) is 10.2. The average Bonchev–Trinajstić information content (AvgIpc) is 3.32. The Morgan fingerprint density at radius 1 is 1.11 bits per heavy atom. The Labute approximate surface area is 199 Å². The molecule has 2 amide bonds. The van der Waals surface area contributed by atoms with E-state index in [0.717, 1.165) is 29.3 Å². The summed E-state index contributed by atoms with van der Waals surface area (Å²) in [7, 11) is 0. The van der Waals surface area contributed by atoms with Crippen molar-refractivity contribution < 1.29 is 27.5 Å². The van der Waals surface area contributed by atoms with Crippen LogP contribution in [0.5, 0.6) is 0 Å². The maximum Gasteiger partial charge on any atom is 0.435 e. The molecule has 8 nitrogen and oxygen atoms in total. The van der Waals surface area contributed by atoms with Crippen LogP contribution in [0.1, 0.15) is 47.3 Å². The number of rotatable bonds is 5. The fourth-order valence-electron chi connectivity index (χ4n) is 4.00. The summed E-state index contributed by atoms with van der Waals surface area (Å²) in [6, 6.07) is 11.7. The lowest BCUT2D eigenvalue weighted by Crippen LogP contribution is -2.38. The maximum absolute atomic E-state index is 13.5. The first kappa shape index (κ1) is 24.2. The first-order valence-corrected chi connectivity index (χ1v) is 11.2. The van der Waals surface area contributed by atoms with E-state index in [-0.39, 0.29) is 17.8 Å². The number of carbonyl (C=O) groups excluding carboxylic acids is 2. The van der Waals surface area contributed by atoms with Gasteiger partial charge in [0.1, 0.15) is 0 Å². The molecule has 2 aromatic heterocycles. The Hall–Kier alpha value is -3.89. The van der Waals surface area contributed by atoms with Gasteiger partial charge in [-0.15, -0.1) is 0 Å². The van der Waals surface area contributed by atoms with Crippen molar-refractivity contribution in [1.29, 1.82) is 0 Å². The average molecular weight is 487 g/mol. The zero-order valence-electron chi connectivity index (χ0n) is 19.0. The van der Waals surface area contributed by atoms with Gasteiger partial charge in [-0.05, 0) is 55.5 Å². The molecule has 35 heavy (non-hydrogen) atoms. The molecule has 0 bridgehead atoms. The summed E-state index contributed by atoms with van der Waals surface area (Å²) in [5.41, 5.74) is -0.490. The number of pyridine rings is 1. The topological polar surface area (TPSA) is 89.4 Å². The molecule has 184 valence electrons. The molecule has 0 saturated carbocycles. The number of carbonyl (C=O) groups is 2. The Balaban J connectivity index is 1.44. The van der Waals surface area contributed by atoms with E-state index in [2.05, 4.69) is 15.4 Å². The van der Waals surface area contributed by atoms with E-state index >= 15 is 0 Å². The summed E-state index contributed by atoms with van der Waals surface area (Å²) in [6.07, 6.45) is -1.14. The normalized spacial score (nSPS) is 14.6. The van der Waals surface area contributed by atoms with Gasteiger partial charge in [0.25, 0.3) is 5.91 Å². The summed E-state index contributed by atoms with van der Waals surface area (Å²) in [5, 5.41) is 6.07. The Bertz CT molecular complexity index is 1170. The molecule has 1 N–H and O–H groups in total. The van der Waals surface area contributed by atoms with Crippen LogP contribution >= 0.6 is 0 Å². The second-order valence-corrected chi connectivity index (χ2v) is 8.06. The molecule has 1 saturated heterocycles. The van der Waals surface area contributed by atoms with E-state index < -0.39 is 23.3 Å². The van der Waals surface area contributed by atoms with Crippen molar-refractivity contribution in [2.75, 3.05) is 25.0 Å². The summed E-state index contributed by atoms with van der Waals surface area (Å²) >= 11 is 0. The smallest absolute Gasteiger partial charge is 0.435 e.